The van der Waals surface area contributed by atoms with E-state index in [1.54, 1.807) is 0 Å². The Morgan fingerprint density at radius 3 is 3.08 bits per heavy atom. The highest BCUT2D eigenvalue weighted by atomic mass is 15.3. The number of hydrogen-bond donors (Lipinski definition) is 0. The monoisotopic (exact) mass is 175 g/mol. The molecular weight excluding hydrogens is 162 g/mol. The minimum atomic E-state index is 0.938. The Morgan fingerprint density at radius 2 is 2.31 bits per heavy atom. The second-order valence-electron chi connectivity index (χ2n) is 3.28. The molecule has 0 spiro atoms. The van der Waals surface area contributed by atoms with Gasteiger partial charge in [0, 0.05) is 12.6 Å². The molecule has 0 unspecified atom stereocenters. The Morgan fingerprint density at radius 1 is 1.46 bits per heavy atom. The molecule has 0 saturated heterocycles. The molecule has 13 heavy (non-hydrogen) atoms. The van der Waals surface area contributed by atoms with E-state index >= 15 is 0 Å². The van der Waals surface area contributed by atoms with Crippen LogP contribution in [0, 0.1) is 6.92 Å². The van der Waals surface area contributed by atoms with Gasteiger partial charge in [0.1, 0.15) is 0 Å². The molecule has 2 aromatic rings. The normalized spacial score (nSPS) is 10.9. The van der Waals surface area contributed by atoms with Gasteiger partial charge in [0.05, 0.1) is 0 Å². The molecule has 2 aromatic heterocycles. The van der Waals surface area contributed by atoms with Gasteiger partial charge in [0.25, 0.3) is 0 Å². The van der Waals surface area contributed by atoms with Crippen LogP contribution in [0.4, 0.5) is 0 Å². The molecule has 0 aliphatic heterocycles. The lowest BCUT2D eigenvalue weighted by atomic mass is 10.3. The number of aromatic nitrogens is 3. The van der Waals surface area contributed by atoms with E-state index in [0.29, 0.717) is 0 Å². The Labute approximate surface area is 77.4 Å². The van der Waals surface area contributed by atoms with Crippen LogP contribution in [0.2, 0.25) is 0 Å². The van der Waals surface area contributed by atoms with Gasteiger partial charge in [0.15, 0.2) is 11.5 Å². The Hall–Kier alpha value is -1.38. The summed E-state index contributed by atoms with van der Waals surface area (Å²) in [7, 11) is 0. The Kier molecular flexibility index (Phi) is 2.00. The molecule has 3 heteroatoms. The minimum Gasteiger partial charge on any atom is -0.221 e. The summed E-state index contributed by atoms with van der Waals surface area (Å²) in [6, 6.07) is 4.09. The van der Waals surface area contributed by atoms with E-state index in [1.807, 2.05) is 22.8 Å². The molecule has 0 N–H and O–H groups in total. The fourth-order valence-corrected chi connectivity index (χ4v) is 1.36. The summed E-state index contributed by atoms with van der Waals surface area (Å²) in [6.07, 6.45) is 4.01. The molecule has 3 nitrogen and oxygen atoms in total. The standard InChI is InChI=1S/C10H13N3/c1-3-4-9-11-10-7-8(2)5-6-13(10)12-9/h5-7H,3-4H2,1-2H3. The molecule has 68 valence electrons. The lowest BCUT2D eigenvalue weighted by Crippen LogP contribution is -1.88. The van der Waals surface area contributed by atoms with E-state index in [0.717, 1.165) is 24.3 Å². The Bertz CT molecular complexity index is 417. The number of hydrogen-bond acceptors (Lipinski definition) is 2. The third-order valence-electron chi connectivity index (χ3n) is 2.01. The second kappa shape index (κ2) is 3.17. The van der Waals surface area contributed by atoms with Crippen LogP contribution in [-0.4, -0.2) is 14.6 Å². The van der Waals surface area contributed by atoms with Crippen molar-refractivity contribution in [2.75, 3.05) is 0 Å². The van der Waals surface area contributed by atoms with E-state index in [1.165, 1.54) is 5.56 Å². The molecule has 0 bridgehead atoms. The van der Waals surface area contributed by atoms with Crippen molar-refractivity contribution in [2.45, 2.75) is 26.7 Å². The lowest BCUT2D eigenvalue weighted by Gasteiger charge is -1.90. The van der Waals surface area contributed by atoms with Crippen LogP contribution in [0.25, 0.3) is 5.65 Å². The highest BCUT2D eigenvalue weighted by Crippen LogP contribution is 2.05. The summed E-state index contributed by atoms with van der Waals surface area (Å²) in [4.78, 5) is 4.42. The predicted octanol–water partition coefficient (Wildman–Crippen LogP) is 1.99. The van der Waals surface area contributed by atoms with E-state index in [2.05, 4.69) is 23.9 Å². The summed E-state index contributed by atoms with van der Waals surface area (Å²) in [5.41, 5.74) is 2.17. The number of aryl methyl sites for hydroxylation is 2. The average molecular weight is 175 g/mol. The molecule has 2 rings (SSSR count). The van der Waals surface area contributed by atoms with Crippen LogP contribution >= 0.6 is 0 Å². The van der Waals surface area contributed by atoms with Gasteiger partial charge in [-0.25, -0.2) is 9.50 Å². The van der Waals surface area contributed by atoms with Gasteiger partial charge in [0.2, 0.25) is 0 Å². The summed E-state index contributed by atoms with van der Waals surface area (Å²) in [5.74, 6) is 0.938. The number of pyridine rings is 1. The minimum absolute atomic E-state index is 0.938. The van der Waals surface area contributed by atoms with Crippen LogP contribution in [0.3, 0.4) is 0 Å². The first-order chi connectivity index (χ1) is 6.29. The van der Waals surface area contributed by atoms with Crippen molar-refractivity contribution in [3.05, 3.63) is 29.7 Å². The molecule has 0 aliphatic rings. The summed E-state index contributed by atoms with van der Waals surface area (Å²) < 4.78 is 1.83. The molecule has 0 amide bonds. The topological polar surface area (TPSA) is 30.2 Å². The summed E-state index contributed by atoms with van der Waals surface area (Å²) in [5, 5.41) is 4.35. The van der Waals surface area contributed by atoms with Crippen LogP contribution in [0.1, 0.15) is 24.7 Å². The van der Waals surface area contributed by atoms with Crippen LogP contribution in [0.15, 0.2) is 18.3 Å². The van der Waals surface area contributed by atoms with E-state index < -0.39 is 0 Å². The van der Waals surface area contributed by atoms with Gasteiger partial charge in [-0.05, 0) is 31.0 Å². The molecule has 0 aliphatic carbocycles. The van der Waals surface area contributed by atoms with Crippen LogP contribution in [0.5, 0.6) is 0 Å². The zero-order chi connectivity index (χ0) is 9.26. The maximum atomic E-state index is 4.42. The first kappa shape index (κ1) is 8.23. The third-order valence-corrected chi connectivity index (χ3v) is 2.01. The van der Waals surface area contributed by atoms with Crippen molar-refractivity contribution in [3.8, 4) is 0 Å². The molecule has 0 saturated carbocycles. The zero-order valence-electron chi connectivity index (χ0n) is 7.99. The number of fused-ring (bicyclic) bond motifs is 1. The van der Waals surface area contributed by atoms with Crippen molar-refractivity contribution >= 4 is 5.65 Å². The maximum absolute atomic E-state index is 4.42. The van der Waals surface area contributed by atoms with Gasteiger partial charge in [-0.15, -0.1) is 0 Å². The van der Waals surface area contributed by atoms with Gasteiger partial charge in [-0.3, -0.25) is 0 Å². The van der Waals surface area contributed by atoms with Crippen molar-refractivity contribution in [1.29, 1.82) is 0 Å². The van der Waals surface area contributed by atoms with Gasteiger partial charge in [-0.1, -0.05) is 6.92 Å². The molecule has 0 radical (unpaired) electrons. The van der Waals surface area contributed by atoms with Gasteiger partial charge < -0.3 is 0 Å². The fraction of sp³-hybridized carbons (Fsp3) is 0.400. The highest BCUT2D eigenvalue weighted by Gasteiger charge is 2.01. The molecule has 0 fully saturated rings. The van der Waals surface area contributed by atoms with Gasteiger partial charge >= 0.3 is 0 Å². The maximum Gasteiger partial charge on any atom is 0.155 e. The average Bonchev–Trinajstić information content (AvgIpc) is 2.46. The summed E-state index contributed by atoms with van der Waals surface area (Å²) >= 11 is 0. The van der Waals surface area contributed by atoms with E-state index in [4.69, 9.17) is 0 Å². The fourth-order valence-electron chi connectivity index (χ4n) is 1.36. The largest absolute Gasteiger partial charge is 0.221 e. The van der Waals surface area contributed by atoms with Crippen molar-refractivity contribution < 1.29 is 0 Å². The quantitative estimate of drug-likeness (QED) is 0.698. The van der Waals surface area contributed by atoms with Crippen molar-refractivity contribution in [2.24, 2.45) is 0 Å². The Balaban J connectivity index is 2.49. The first-order valence-electron chi connectivity index (χ1n) is 4.61. The van der Waals surface area contributed by atoms with Crippen LogP contribution < -0.4 is 0 Å². The van der Waals surface area contributed by atoms with Crippen molar-refractivity contribution in [3.63, 3.8) is 0 Å². The van der Waals surface area contributed by atoms with Crippen molar-refractivity contribution in [1.82, 2.24) is 14.6 Å². The molecular formula is C10H13N3. The first-order valence-corrected chi connectivity index (χ1v) is 4.61. The number of nitrogens with zero attached hydrogens (tertiary/aromatic N) is 3. The molecule has 2 heterocycles. The third kappa shape index (κ3) is 1.54. The zero-order valence-corrected chi connectivity index (χ0v) is 7.99. The summed E-state index contributed by atoms with van der Waals surface area (Å²) in [6.45, 7) is 4.20. The molecule has 0 atom stereocenters. The smallest absolute Gasteiger partial charge is 0.155 e. The molecule has 0 aromatic carbocycles. The van der Waals surface area contributed by atoms with E-state index in [9.17, 15) is 0 Å². The van der Waals surface area contributed by atoms with Gasteiger partial charge in [-0.2, -0.15) is 5.10 Å². The number of rotatable bonds is 2. The van der Waals surface area contributed by atoms with E-state index in [-0.39, 0.29) is 0 Å². The lowest BCUT2D eigenvalue weighted by molar-refractivity contribution is 0.818. The predicted molar refractivity (Wildman–Crippen MR) is 51.7 cm³/mol. The second-order valence-corrected chi connectivity index (χ2v) is 3.28. The SMILES string of the molecule is CCCc1nc2cc(C)ccn2n1. The van der Waals surface area contributed by atoms with Crippen LogP contribution in [-0.2, 0) is 6.42 Å². The highest BCUT2D eigenvalue weighted by molar-refractivity contribution is 5.39.